The van der Waals surface area contributed by atoms with Crippen molar-refractivity contribution in [1.29, 1.82) is 0 Å². The van der Waals surface area contributed by atoms with Gasteiger partial charge in [-0.25, -0.2) is 4.39 Å². The number of nitrogens with two attached hydrogens (primary N) is 1. The van der Waals surface area contributed by atoms with Crippen LogP contribution in [0.5, 0.6) is 0 Å². The van der Waals surface area contributed by atoms with Gasteiger partial charge in [0.25, 0.3) is 11.6 Å². The number of halogens is 1. The van der Waals surface area contributed by atoms with Gasteiger partial charge in [0.05, 0.1) is 11.0 Å². The van der Waals surface area contributed by atoms with Gasteiger partial charge in [-0.15, -0.1) is 0 Å². The second-order valence-electron chi connectivity index (χ2n) is 4.03. The number of nitro groups is 1. The molecule has 0 aliphatic carbocycles. The summed E-state index contributed by atoms with van der Waals surface area (Å²) in [6, 6.07) is 1.88. The zero-order chi connectivity index (χ0) is 14.6. The number of nitrogens with one attached hydrogen (secondary N) is 1. The smallest absolute Gasteiger partial charge is 0.282 e. The van der Waals surface area contributed by atoms with Gasteiger partial charge in [0.1, 0.15) is 11.4 Å². The largest absolute Gasteiger partial charge is 0.392 e. The Hall–Kier alpha value is -2.06. The summed E-state index contributed by atoms with van der Waals surface area (Å²) in [5.74, 6) is -1.57. The molecule has 2 atom stereocenters. The Morgan fingerprint density at radius 3 is 2.79 bits per heavy atom. The summed E-state index contributed by atoms with van der Waals surface area (Å²) in [6.07, 6.45) is -0.845. The first-order valence-electron chi connectivity index (χ1n) is 5.48. The number of hydrogen-bond donors (Lipinski definition) is 3. The molecule has 1 rings (SSSR count). The van der Waals surface area contributed by atoms with Gasteiger partial charge in [-0.2, -0.15) is 0 Å². The maximum absolute atomic E-state index is 13.0. The highest BCUT2D eigenvalue weighted by atomic mass is 19.1. The molecule has 2 unspecified atom stereocenters. The van der Waals surface area contributed by atoms with E-state index in [1.165, 1.54) is 6.92 Å². The third kappa shape index (κ3) is 3.97. The van der Waals surface area contributed by atoms with Crippen LogP contribution in [0.2, 0.25) is 0 Å². The lowest BCUT2D eigenvalue weighted by Crippen LogP contribution is -2.43. The maximum Gasteiger partial charge on any atom is 0.282 e. The molecule has 7 nitrogen and oxygen atoms in total. The third-order valence-electron chi connectivity index (χ3n) is 2.52. The average Bonchev–Trinajstić information content (AvgIpc) is 2.34. The lowest BCUT2D eigenvalue weighted by molar-refractivity contribution is -0.385. The molecular weight excluding hydrogens is 257 g/mol. The standard InChI is InChI=1S/C11H14FN3O4/c1-6(16)9(13)5-14-11(17)8-4-7(12)2-3-10(8)15(18)19/h2-4,6,9,16H,5,13H2,1H3,(H,14,17). The van der Waals surface area contributed by atoms with Crippen LogP contribution in [0.25, 0.3) is 0 Å². The van der Waals surface area contributed by atoms with Crippen molar-refractivity contribution in [1.82, 2.24) is 5.32 Å². The monoisotopic (exact) mass is 271 g/mol. The van der Waals surface area contributed by atoms with Gasteiger partial charge in [0.2, 0.25) is 0 Å². The second-order valence-corrected chi connectivity index (χ2v) is 4.03. The summed E-state index contributed by atoms with van der Waals surface area (Å²) >= 11 is 0. The number of aliphatic hydroxyl groups excluding tert-OH is 1. The molecule has 1 aromatic rings. The van der Waals surface area contributed by atoms with E-state index in [1.54, 1.807) is 0 Å². The highest BCUT2D eigenvalue weighted by Gasteiger charge is 2.21. The Morgan fingerprint density at radius 2 is 2.26 bits per heavy atom. The fourth-order valence-electron chi connectivity index (χ4n) is 1.33. The minimum absolute atomic E-state index is 0.0792. The summed E-state index contributed by atoms with van der Waals surface area (Å²) < 4.78 is 13.0. The van der Waals surface area contributed by atoms with Gasteiger partial charge in [0.15, 0.2) is 0 Å². The molecule has 0 fully saturated rings. The predicted octanol–water partition coefficient (Wildman–Crippen LogP) is 0.172. The van der Waals surface area contributed by atoms with Crippen molar-refractivity contribution in [3.8, 4) is 0 Å². The van der Waals surface area contributed by atoms with Crippen LogP contribution in [0.4, 0.5) is 10.1 Å². The molecule has 0 spiro atoms. The van der Waals surface area contributed by atoms with Crippen molar-refractivity contribution < 1.29 is 19.2 Å². The lowest BCUT2D eigenvalue weighted by atomic mass is 10.1. The second kappa shape index (κ2) is 6.21. The van der Waals surface area contributed by atoms with Crippen LogP contribution in [0.15, 0.2) is 18.2 Å². The lowest BCUT2D eigenvalue weighted by Gasteiger charge is -2.15. The van der Waals surface area contributed by atoms with Gasteiger partial charge in [-0.05, 0) is 19.1 Å². The maximum atomic E-state index is 13.0. The number of aliphatic hydroxyl groups is 1. The van der Waals surface area contributed by atoms with Crippen LogP contribution < -0.4 is 11.1 Å². The SMILES string of the molecule is CC(O)C(N)CNC(=O)c1cc(F)ccc1[N+](=O)[O-]. The van der Waals surface area contributed by atoms with E-state index in [2.05, 4.69) is 5.32 Å². The van der Waals surface area contributed by atoms with E-state index in [1.807, 2.05) is 0 Å². The Balaban J connectivity index is 2.87. The summed E-state index contributed by atoms with van der Waals surface area (Å²) in [5.41, 5.74) is 4.62. The summed E-state index contributed by atoms with van der Waals surface area (Å²) in [7, 11) is 0. The Morgan fingerprint density at radius 1 is 1.63 bits per heavy atom. The number of rotatable bonds is 5. The minimum Gasteiger partial charge on any atom is -0.392 e. The number of amides is 1. The van der Waals surface area contributed by atoms with Crippen molar-refractivity contribution in [2.24, 2.45) is 5.73 Å². The number of carbonyl (C=O) groups is 1. The highest BCUT2D eigenvalue weighted by Crippen LogP contribution is 2.19. The van der Waals surface area contributed by atoms with Gasteiger partial charge >= 0.3 is 0 Å². The predicted molar refractivity (Wildman–Crippen MR) is 65.0 cm³/mol. The van der Waals surface area contributed by atoms with Crippen LogP contribution in [-0.4, -0.2) is 34.6 Å². The highest BCUT2D eigenvalue weighted by molar-refractivity contribution is 5.98. The van der Waals surface area contributed by atoms with Gasteiger partial charge in [-0.3, -0.25) is 14.9 Å². The summed E-state index contributed by atoms with van der Waals surface area (Å²) in [4.78, 5) is 21.7. The molecule has 19 heavy (non-hydrogen) atoms. The first-order chi connectivity index (χ1) is 8.82. The Bertz CT molecular complexity index is 493. The molecule has 1 aromatic carbocycles. The molecule has 0 aliphatic heterocycles. The molecule has 8 heteroatoms. The Kier molecular flexibility index (Phi) is 4.90. The molecule has 0 saturated heterocycles. The number of hydrogen-bond acceptors (Lipinski definition) is 5. The molecule has 0 aliphatic rings. The minimum atomic E-state index is -0.845. The molecule has 1 amide bonds. The zero-order valence-corrected chi connectivity index (χ0v) is 10.2. The molecule has 0 radical (unpaired) electrons. The van der Waals surface area contributed by atoms with E-state index in [-0.39, 0.29) is 12.1 Å². The van der Waals surface area contributed by atoms with Crippen molar-refractivity contribution in [3.05, 3.63) is 39.7 Å². The van der Waals surface area contributed by atoms with Crippen molar-refractivity contribution in [3.63, 3.8) is 0 Å². The van der Waals surface area contributed by atoms with E-state index in [0.717, 1.165) is 18.2 Å². The zero-order valence-electron chi connectivity index (χ0n) is 10.2. The average molecular weight is 271 g/mol. The molecule has 0 bridgehead atoms. The quantitative estimate of drug-likeness (QED) is 0.521. The van der Waals surface area contributed by atoms with Crippen LogP contribution in [-0.2, 0) is 0 Å². The van der Waals surface area contributed by atoms with Crippen LogP contribution in [0.1, 0.15) is 17.3 Å². The van der Waals surface area contributed by atoms with E-state index in [0.29, 0.717) is 0 Å². The van der Waals surface area contributed by atoms with Crippen molar-refractivity contribution in [2.75, 3.05) is 6.54 Å². The molecular formula is C11H14FN3O4. The Labute approximate surface area is 108 Å². The van der Waals surface area contributed by atoms with E-state index >= 15 is 0 Å². The topological polar surface area (TPSA) is 118 Å². The molecule has 104 valence electrons. The first kappa shape index (κ1) is 15.0. The van der Waals surface area contributed by atoms with Crippen LogP contribution in [0.3, 0.4) is 0 Å². The summed E-state index contributed by atoms with van der Waals surface area (Å²) in [6.45, 7) is 1.37. The molecule has 0 heterocycles. The number of benzene rings is 1. The van der Waals surface area contributed by atoms with E-state index < -0.39 is 34.5 Å². The number of nitro benzene ring substituents is 1. The van der Waals surface area contributed by atoms with Gasteiger partial charge < -0.3 is 16.2 Å². The van der Waals surface area contributed by atoms with Gasteiger partial charge in [0, 0.05) is 18.7 Å². The summed E-state index contributed by atoms with van der Waals surface area (Å²) in [5, 5.41) is 22.2. The van der Waals surface area contributed by atoms with Gasteiger partial charge in [-0.1, -0.05) is 0 Å². The van der Waals surface area contributed by atoms with E-state index in [4.69, 9.17) is 10.8 Å². The van der Waals surface area contributed by atoms with Crippen molar-refractivity contribution >= 4 is 11.6 Å². The fraction of sp³-hybridized carbons (Fsp3) is 0.364. The third-order valence-corrected chi connectivity index (χ3v) is 2.52. The number of nitrogens with zero attached hydrogens (tertiary/aromatic N) is 1. The molecule has 0 aromatic heterocycles. The fourth-order valence-corrected chi connectivity index (χ4v) is 1.33. The van der Waals surface area contributed by atoms with E-state index in [9.17, 15) is 19.3 Å². The van der Waals surface area contributed by atoms with Crippen LogP contribution >= 0.6 is 0 Å². The number of carbonyl (C=O) groups excluding carboxylic acids is 1. The first-order valence-corrected chi connectivity index (χ1v) is 5.48. The van der Waals surface area contributed by atoms with Crippen molar-refractivity contribution in [2.45, 2.75) is 19.1 Å². The van der Waals surface area contributed by atoms with Crippen LogP contribution in [0, 0.1) is 15.9 Å². The normalized spacial score (nSPS) is 13.7. The molecule has 4 N–H and O–H groups in total. The molecule has 0 saturated carbocycles.